The summed E-state index contributed by atoms with van der Waals surface area (Å²) in [6.07, 6.45) is 0. The fourth-order valence-electron chi connectivity index (χ4n) is 1.96. The summed E-state index contributed by atoms with van der Waals surface area (Å²) in [6.45, 7) is 7.51. The van der Waals surface area contributed by atoms with Crippen LogP contribution >= 0.6 is 0 Å². The van der Waals surface area contributed by atoms with E-state index in [0.717, 1.165) is 25.0 Å². The van der Waals surface area contributed by atoms with E-state index in [1.165, 1.54) is 0 Å². The van der Waals surface area contributed by atoms with Crippen LogP contribution in [0.3, 0.4) is 0 Å². The molecule has 1 aromatic carbocycles. The van der Waals surface area contributed by atoms with Crippen molar-refractivity contribution in [1.82, 2.24) is 0 Å². The van der Waals surface area contributed by atoms with Gasteiger partial charge >= 0.3 is 0 Å². The maximum Gasteiger partial charge on any atom is 0.300 e. The minimum Gasteiger partial charge on any atom is -0.510 e. The molecule has 3 rings (SSSR count). The number of hydrogen-bond acceptors (Lipinski definition) is 6. The van der Waals surface area contributed by atoms with Gasteiger partial charge in [-0.1, -0.05) is 11.1 Å². The molecule has 1 aromatic rings. The van der Waals surface area contributed by atoms with E-state index in [9.17, 15) is 0 Å². The molecular weight excluding hydrogens is 459 g/mol. The molecule has 0 saturated heterocycles. The maximum absolute atomic E-state index is 9.00. The summed E-state index contributed by atoms with van der Waals surface area (Å²) in [5.74, 6) is -0.341. The molecule has 0 saturated carbocycles. The van der Waals surface area contributed by atoms with Crippen LogP contribution in [-0.2, 0) is 38.5 Å². The zero-order valence-corrected chi connectivity index (χ0v) is 17.7. The molecule has 0 bridgehead atoms. The van der Waals surface area contributed by atoms with Crippen LogP contribution in [0.5, 0.6) is 0 Å². The Balaban J connectivity index is 0. The number of hydrogen-bond donors (Lipinski definition) is 2. The third-order valence-electron chi connectivity index (χ3n) is 2.85. The number of aliphatic imine (C=N–C) groups is 2. The third kappa shape index (κ3) is 10.7. The fraction of sp³-hybridized carbons (Fsp3) is 0.444. The van der Waals surface area contributed by atoms with Gasteiger partial charge < -0.3 is 25.2 Å². The van der Waals surface area contributed by atoms with Crippen LogP contribution < -0.4 is 0 Å². The number of rotatable bonds is 2. The van der Waals surface area contributed by atoms with Crippen molar-refractivity contribution in [3.05, 3.63) is 35.4 Å². The van der Waals surface area contributed by atoms with Gasteiger partial charge in [0.05, 0.1) is 12.1 Å². The van der Waals surface area contributed by atoms with Crippen molar-refractivity contribution >= 4 is 23.7 Å². The van der Waals surface area contributed by atoms with E-state index in [1.807, 2.05) is 32.0 Å². The van der Waals surface area contributed by atoms with Crippen LogP contribution in [0.2, 0.25) is 0 Å². The van der Waals surface area contributed by atoms with Crippen molar-refractivity contribution < 1.29 is 54.2 Å². The van der Waals surface area contributed by atoms with Crippen LogP contribution in [0.1, 0.15) is 38.8 Å². The first-order chi connectivity index (χ1) is 12.2. The average molecular weight is 484 g/mol. The summed E-state index contributed by atoms with van der Waals surface area (Å²) < 4.78 is 11.1. The Hall–Kier alpha value is -2.32. The minimum atomic E-state index is -0.833. The summed E-state index contributed by atoms with van der Waals surface area (Å²) >= 11 is 0. The topological polar surface area (TPSA) is 149 Å². The summed E-state index contributed by atoms with van der Waals surface area (Å²) in [7, 11) is 0. The second-order valence-electron chi connectivity index (χ2n) is 5.70. The number of ether oxygens (including phenoxy) is 2. The van der Waals surface area contributed by atoms with Gasteiger partial charge in [0.1, 0.15) is 25.0 Å². The molecule has 0 spiro atoms. The van der Waals surface area contributed by atoms with Crippen LogP contribution in [0.15, 0.2) is 28.2 Å². The summed E-state index contributed by atoms with van der Waals surface area (Å²) in [6, 6.07) is 9.53. The Bertz CT molecular complexity index is 644. The van der Waals surface area contributed by atoms with Crippen molar-refractivity contribution in [2.75, 3.05) is 13.2 Å². The van der Waals surface area contributed by atoms with Crippen LogP contribution in [0.25, 0.3) is 0 Å². The molecule has 9 nitrogen and oxygen atoms in total. The molecule has 2 heterocycles. The van der Waals surface area contributed by atoms with Gasteiger partial charge in [0.2, 0.25) is 0 Å². The Morgan fingerprint density at radius 1 is 0.964 bits per heavy atom. The number of carbonyl (C=O) groups is 2. The SMILES string of the molecule is CC(=O)O.CC(=O)O.CC1COC(c2[c-]c(C3=NC(C)CO3)ccc2)=N1.O.[Rh]. The molecule has 0 aromatic heterocycles. The molecule has 28 heavy (non-hydrogen) atoms. The average Bonchev–Trinajstić information content (AvgIpc) is 3.15. The fourth-order valence-corrected chi connectivity index (χ4v) is 1.96. The molecule has 1 radical (unpaired) electrons. The molecule has 0 amide bonds. The Morgan fingerprint density at radius 3 is 1.54 bits per heavy atom. The molecule has 159 valence electrons. The van der Waals surface area contributed by atoms with E-state index in [4.69, 9.17) is 29.3 Å². The maximum atomic E-state index is 9.00. The Labute approximate surface area is 176 Å². The quantitative estimate of drug-likeness (QED) is 0.476. The molecule has 10 heteroatoms. The molecule has 2 aliphatic rings. The molecule has 2 unspecified atom stereocenters. The first-order valence-electron chi connectivity index (χ1n) is 8.02. The molecule has 4 N–H and O–H groups in total. The smallest absolute Gasteiger partial charge is 0.300 e. The summed E-state index contributed by atoms with van der Waals surface area (Å²) in [5.41, 5.74) is 1.73. The van der Waals surface area contributed by atoms with Crippen molar-refractivity contribution in [3.63, 3.8) is 0 Å². The van der Waals surface area contributed by atoms with Crippen molar-refractivity contribution in [2.45, 2.75) is 39.8 Å². The summed E-state index contributed by atoms with van der Waals surface area (Å²) in [5, 5.41) is 14.8. The number of carboxylic acid groups (broad SMARTS) is 2. The van der Waals surface area contributed by atoms with Gasteiger partial charge in [-0.05, 0) is 13.8 Å². The van der Waals surface area contributed by atoms with Gasteiger partial charge in [0.15, 0.2) is 0 Å². The predicted octanol–water partition coefficient (Wildman–Crippen LogP) is 1.17. The number of aliphatic carboxylic acids is 2. The zero-order chi connectivity index (χ0) is 19.7. The second kappa shape index (κ2) is 13.8. The van der Waals surface area contributed by atoms with Crippen LogP contribution in [0, 0.1) is 6.07 Å². The second-order valence-corrected chi connectivity index (χ2v) is 5.70. The molecule has 2 atom stereocenters. The largest absolute Gasteiger partial charge is 0.510 e. The van der Waals surface area contributed by atoms with Crippen LogP contribution in [0.4, 0.5) is 0 Å². The van der Waals surface area contributed by atoms with Gasteiger partial charge in [-0.25, -0.2) is 0 Å². The van der Waals surface area contributed by atoms with Gasteiger partial charge in [0.25, 0.3) is 11.9 Å². The Kier molecular flexibility index (Phi) is 13.7. The zero-order valence-electron chi connectivity index (χ0n) is 16.1. The third-order valence-corrected chi connectivity index (χ3v) is 2.85. The summed E-state index contributed by atoms with van der Waals surface area (Å²) in [4.78, 5) is 26.8. The minimum absolute atomic E-state index is 0. The van der Waals surface area contributed by atoms with E-state index in [0.29, 0.717) is 25.0 Å². The molecular formula is C18H25N2O7Rh-. The van der Waals surface area contributed by atoms with Gasteiger partial charge in [-0.15, -0.1) is 24.3 Å². The standard InChI is InChI=1S/C14H15N2O2.2C2H4O2.H2O.Rh/c1-9-7-17-13(15-9)11-4-3-5-12(6-11)14-16-10(2)8-18-14;2*1-2(3)4;;/h3-5,9-10H,7-8H2,1-2H3;2*1H3,(H,3,4);1H2;/q-1;;;;. The molecule has 0 fully saturated rings. The van der Waals surface area contributed by atoms with Crippen molar-refractivity contribution in [2.24, 2.45) is 9.98 Å². The van der Waals surface area contributed by atoms with Gasteiger partial charge in [-0.2, -0.15) is 0 Å². The Morgan fingerprint density at radius 2 is 1.29 bits per heavy atom. The van der Waals surface area contributed by atoms with E-state index >= 15 is 0 Å². The van der Waals surface area contributed by atoms with E-state index < -0.39 is 11.9 Å². The normalized spacial score (nSPS) is 18.7. The van der Waals surface area contributed by atoms with Gasteiger partial charge in [-0.3, -0.25) is 19.6 Å². The molecule has 2 aliphatic heterocycles. The number of benzene rings is 1. The van der Waals surface area contributed by atoms with E-state index in [1.54, 1.807) is 0 Å². The predicted molar refractivity (Wildman–Crippen MR) is 99.4 cm³/mol. The first kappa shape index (κ1) is 27.9. The molecule has 0 aliphatic carbocycles. The van der Waals surface area contributed by atoms with Crippen LogP contribution in [-0.4, -0.2) is 64.7 Å². The number of carboxylic acids is 2. The van der Waals surface area contributed by atoms with Gasteiger partial charge in [0, 0.05) is 33.3 Å². The van der Waals surface area contributed by atoms with Crippen molar-refractivity contribution in [1.29, 1.82) is 0 Å². The first-order valence-corrected chi connectivity index (χ1v) is 8.02. The van der Waals surface area contributed by atoms with E-state index in [2.05, 4.69) is 16.1 Å². The van der Waals surface area contributed by atoms with Crippen molar-refractivity contribution in [3.8, 4) is 0 Å². The number of nitrogens with zero attached hydrogens (tertiary/aromatic N) is 2. The van der Waals surface area contributed by atoms with E-state index in [-0.39, 0.29) is 37.0 Å². The monoisotopic (exact) mass is 484 g/mol.